The van der Waals surface area contributed by atoms with Gasteiger partial charge < -0.3 is 5.32 Å². The second kappa shape index (κ2) is 5.24. The van der Waals surface area contributed by atoms with E-state index in [1.54, 1.807) is 11.5 Å². The van der Waals surface area contributed by atoms with Crippen LogP contribution in [0.4, 0.5) is 5.00 Å². The van der Waals surface area contributed by atoms with Crippen molar-refractivity contribution in [1.29, 1.82) is 0 Å². The maximum absolute atomic E-state index is 4.45. The van der Waals surface area contributed by atoms with Crippen molar-refractivity contribution in [3.05, 3.63) is 24.3 Å². The van der Waals surface area contributed by atoms with E-state index in [0.717, 1.165) is 31.2 Å². The van der Waals surface area contributed by atoms with E-state index in [9.17, 15) is 0 Å². The van der Waals surface area contributed by atoms with Gasteiger partial charge in [-0.1, -0.05) is 19.1 Å². The van der Waals surface area contributed by atoms with E-state index in [1.807, 2.05) is 6.07 Å². The van der Waals surface area contributed by atoms with E-state index in [4.69, 9.17) is 0 Å². The number of nitrogens with zero attached hydrogens (tertiary/aromatic N) is 2. The molecule has 0 atom stereocenters. The number of rotatable bonds is 6. The lowest BCUT2D eigenvalue weighted by Gasteiger charge is -2.19. The topological polar surface area (TPSA) is 28.2 Å². The average Bonchev–Trinajstić information content (AvgIpc) is 3.16. The predicted molar refractivity (Wildman–Crippen MR) is 78.4 cm³/mol. The molecule has 1 heterocycles. The number of hydrogen-bond donors (Lipinski definition) is 1. The monoisotopic (exact) mass is 261 g/mol. The number of hydrogen-bond acceptors (Lipinski definition) is 4. The quantitative estimate of drug-likeness (QED) is 0.865. The number of nitrogens with one attached hydrogen (secondary N) is 1. The number of likely N-dealkylation sites (N-methyl/N-ethyl adjacent to an activating group) is 1. The Bertz CT molecular complexity index is 518. The molecule has 1 aliphatic carbocycles. The van der Waals surface area contributed by atoms with Crippen molar-refractivity contribution in [3.63, 3.8) is 0 Å². The van der Waals surface area contributed by atoms with Gasteiger partial charge in [-0.25, -0.2) is 0 Å². The van der Waals surface area contributed by atoms with Crippen molar-refractivity contribution < 1.29 is 0 Å². The molecule has 0 saturated heterocycles. The Morgan fingerprint density at radius 1 is 1.39 bits per heavy atom. The molecule has 18 heavy (non-hydrogen) atoms. The van der Waals surface area contributed by atoms with Crippen LogP contribution in [0.5, 0.6) is 0 Å². The van der Waals surface area contributed by atoms with Gasteiger partial charge in [0.2, 0.25) is 0 Å². The number of fused-ring (bicyclic) bond motifs is 1. The average molecular weight is 261 g/mol. The highest BCUT2D eigenvalue weighted by Crippen LogP contribution is 2.28. The van der Waals surface area contributed by atoms with Gasteiger partial charge in [-0.05, 0) is 43.1 Å². The van der Waals surface area contributed by atoms with Crippen molar-refractivity contribution in [3.8, 4) is 0 Å². The smallest absolute Gasteiger partial charge is 0.117 e. The summed E-state index contributed by atoms with van der Waals surface area (Å²) in [4.78, 5) is 2.57. The Hall–Kier alpha value is -1.13. The first-order valence-electron chi connectivity index (χ1n) is 6.71. The van der Waals surface area contributed by atoms with Crippen LogP contribution < -0.4 is 5.32 Å². The lowest BCUT2D eigenvalue weighted by Crippen LogP contribution is -2.30. The number of aromatic nitrogens is 1. The zero-order valence-electron chi connectivity index (χ0n) is 10.7. The Kier molecular flexibility index (Phi) is 3.48. The van der Waals surface area contributed by atoms with Gasteiger partial charge in [0.1, 0.15) is 5.00 Å². The summed E-state index contributed by atoms with van der Waals surface area (Å²) >= 11 is 1.57. The molecular formula is C14H19N3S. The molecule has 1 aliphatic rings. The van der Waals surface area contributed by atoms with Crippen LogP contribution in [0.2, 0.25) is 0 Å². The second-order valence-electron chi connectivity index (χ2n) is 4.82. The van der Waals surface area contributed by atoms with Gasteiger partial charge >= 0.3 is 0 Å². The van der Waals surface area contributed by atoms with Crippen molar-refractivity contribution >= 4 is 27.4 Å². The number of anilines is 1. The van der Waals surface area contributed by atoms with Crippen LogP contribution >= 0.6 is 11.5 Å². The fraction of sp³-hybridized carbons (Fsp3) is 0.500. The van der Waals surface area contributed by atoms with E-state index in [0.29, 0.717) is 0 Å². The summed E-state index contributed by atoms with van der Waals surface area (Å²) < 4.78 is 4.45. The molecule has 0 amide bonds. The maximum Gasteiger partial charge on any atom is 0.117 e. The highest BCUT2D eigenvalue weighted by Gasteiger charge is 2.27. The molecule has 1 fully saturated rings. The molecule has 1 saturated carbocycles. The Balaban J connectivity index is 1.59. The molecule has 1 aromatic heterocycles. The summed E-state index contributed by atoms with van der Waals surface area (Å²) in [6.07, 6.45) is 2.77. The Labute approximate surface area is 112 Å². The predicted octanol–water partition coefficient (Wildman–Crippen LogP) is 3.19. The van der Waals surface area contributed by atoms with Crippen molar-refractivity contribution in [1.82, 2.24) is 9.27 Å². The van der Waals surface area contributed by atoms with E-state index in [-0.39, 0.29) is 0 Å². The molecule has 1 N–H and O–H groups in total. The molecule has 3 nitrogen and oxygen atoms in total. The Morgan fingerprint density at radius 2 is 2.22 bits per heavy atom. The van der Waals surface area contributed by atoms with Crippen molar-refractivity contribution in [2.75, 3.05) is 25.0 Å². The fourth-order valence-electron chi connectivity index (χ4n) is 2.37. The summed E-state index contributed by atoms with van der Waals surface area (Å²) in [7, 11) is 0. The van der Waals surface area contributed by atoms with Gasteiger partial charge in [-0.3, -0.25) is 4.90 Å². The third-order valence-corrected chi connectivity index (χ3v) is 4.37. The van der Waals surface area contributed by atoms with E-state index >= 15 is 0 Å². The van der Waals surface area contributed by atoms with Gasteiger partial charge in [0.25, 0.3) is 0 Å². The van der Waals surface area contributed by atoms with Crippen LogP contribution in [0.1, 0.15) is 19.8 Å². The van der Waals surface area contributed by atoms with E-state index in [1.165, 1.54) is 23.2 Å². The second-order valence-corrected chi connectivity index (χ2v) is 5.59. The summed E-state index contributed by atoms with van der Waals surface area (Å²) in [6.45, 7) is 5.56. The first-order chi connectivity index (χ1) is 8.88. The Morgan fingerprint density at radius 3 is 3.00 bits per heavy atom. The molecular weight excluding hydrogens is 242 g/mol. The summed E-state index contributed by atoms with van der Waals surface area (Å²) in [6, 6.07) is 9.18. The lowest BCUT2D eigenvalue weighted by atomic mass is 10.2. The molecule has 0 bridgehead atoms. The van der Waals surface area contributed by atoms with Gasteiger partial charge in [-0.2, -0.15) is 4.37 Å². The molecule has 0 aliphatic heterocycles. The fourth-order valence-corrected chi connectivity index (χ4v) is 3.15. The maximum atomic E-state index is 4.45. The highest BCUT2D eigenvalue weighted by atomic mass is 32.1. The first-order valence-corrected chi connectivity index (χ1v) is 7.48. The molecule has 2 aromatic rings. The van der Waals surface area contributed by atoms with E-state index in [2.05, 4.69) is 39.7 Å². The molecule has 0 unspecified atom stereocenters. The van der Waals surface area contributed by atoms with Crippen LogP contribution in [-0.2, 0) is 0 Å². The molecule has 4 heteroatoms. The zero-order chi connectivity index (χ0) is 12.4. The third-order valence-electron chi connectivity index (χ3n) is 3.54. The molecule has 0 spiro atoms. The number of benzene rings is 1. The minimum absolute atomic E-state index is 0.856. The van der Waals surface area contributed by atoms with Gasteiger partial charge in [0, 0.05) is 24.5 Å². The van der Waals surface area contributed by atoms with Crippen LogP contribution in [0.3, 0.4) is 0 Å². The van der Waals surface area contributed by atoms with Gasteiger partial charge in [0.05, 0.1) is 5.52 Å². The summed E-state index contributed by atoms with van der Waals surface area (Å²) in [5, 5.41) is 5.98. The molecule has 3 rings (SSSR count). The van der Waals surface area contributed by atoms with Crippen molar-refractivity contribution in [2.24, 2.45) is 0 Å². The van der Waals surface area contributed by atoms with Gasteiger partial charge in [0.15, 0.2) is 0 Å². The summed E-state index contributed by atoms with van der Waals surface area (Å²) in [5.41, 5.74) is 1.10. The van der Waals surface area contributed by atoms with Crippen LogP contribution in [0.25, 0.3) is 10.9 Å². The highest BCUT2D eigenvalue weighted by molar-refractivity contribution is 7.11. The van der Waals surface area contributed by atoms with Crippen LogP contribution in [-0.4, -0.2) is 34.9 Å². The van der Waals surface area contributed by atoms with Crippen LogP contribution in [0, 0.1) is 0 Å². The minimum atomic E-state index is 0.856. The molecule has 0 radical (unpaired) electrons. The minimum Gasteiger partial charge on any atom is -0.374 e. The van der Waals surface area contributed by atoms with Crippen LogP contribution in [0.15, 0.2) is 24.3 Å². The molecule has 1 aromatic carbocycles. The first kappa shape index (κ1) is 11.9. The molecule has 96 valence electrons. The lowest BCUT2D eigenvalue weighted by molar-refractivity contribution is 0.289. The SMILES string of the molecule is CCN(CCNc1snc2ccccc12)C1CC1. The van der Waals surface area contributed by atoms with Crippen molar-refractivity contribution in [2.45, 2.75) is 25.8 Å². The normalized spacial score (nSPS) is 15.4. The van der Waals surface area contributed by atoms with E-state index < -0.39 is 0 Å². The third kappa shape index (κ3) is 2.49. The summed E-state index contributed by atoms with van der Waals surface area (Å²) in [5.74, 6) is 0. The largest absolute Gasteiger partial charge is 0.374 e. The van der Waals surface area contributed by atoms with Gasteiger partial charge in [-0.15, -0.1) is 0 Å². The zero-order valence-corrected chi connectivity index (χ0v) is 11.5. The standard InChI is InChI=1S/C14H19N3S/c1-2-17(11-7-8-11)10-9-15-14-12-5-3-4-6-13(12)16-18-14/h3-6,11,15H,2,7-10H2,1H3.